The monoisotopic (exact) mass is 391 g/mol. The molecular weight excluding hydrogens is 366 g/mol. The molecule has 29 heavy (non-hydrogen) atoms. The zero-order valence-corrected chi connectivity index (χ0v) is 17.0. The fourth-order valence-electron chi connectivity index (χ4n) is 3.76. The Kier molecular flexibility index (Phi) is 5.09. The average Bonchev–Trinajstić information content (AvgIpc) is 2.71. The SMILES string of the molecule is Cc1ccc2cccc(C(=O)N3CCC(Oc4cc(C)n(C)c(=O)c4)CC3)c2n1. The smallest absolute Gasteiger partial charge is 0.256 e. The molecule has 0 spiro atoms. The van der Waals surface area contributed by atoms with Crippen LogP contribution in [0.4, 0.5) is 0 Å². The van der Waals surface area contributed by atoms with Gasteiger partial charge in [0.15, 0.2) is 0 Å². The molecule has 4 rings (SSSR count). The van der Waals surface area contributed by atoms with Gasteiger partial charge in [-0.15, -0.1) is 0 Å². The van der Waals surface area contributed by atoms with Crippen LogP contribution in [0.1, 0.15) is 34.6 Å². The summed E-state index contributed by atoms with van der Waals surface area (Å²) in [6.07, 6.45) is 1.47. The van der Waals surface area contributed by atoms with E-state index in [9.17, 15) is 9.59 Å². The standard InChI is InChI=1S/C23H25N3O3/c1-15-7-8-17-5-4-6-20(22(17)24-15)23(28)26-11-9-18(10-12-26)29-19-13-16(2)25(3)21(27)14-19/h4-8,13-14,18H,9-12H2,1-3H3. The molecule has 1 amide bonds. The number of nitrogens with zero attached hydrogens (tertiary/aromatic N) is 3. The summed E-state index contributed by atoms with van der Waals surface area (Å²) in [5.41, 5.74) is 3.08. The first-order chi connectivity index (χ1) is 13.9. The molecule has 0 aliphatic carbocycles. The number of pyridine rings is 2. The lowest BCUT2D eigenvalue weighted by atomic mass is 10.0. The molecular formula is C23H25N3O3. The second-order valence-electron chi connectivity index (χ2n) is 7.67. The van der Waals surface area contributed by atoms with E-state index in [0.717, 1.165) is 35.1 Å². The number of para-hydroxylation sites is 1. The maximum atomic E-state index is 13.1. The molecule has 1 aliphatic rings. The molecule has 6 nitrogen and oxygen atoms in total. The lowest BCUT2D eigenvalue weighted by Crippen LogP contribution is -2.42. The lowest BCUT2D eigenvalue weighted by Gasteiger charge is -2.32. The summed E-state index contributed by atoms with van der Waals surface area (Å²) >= 11 is 0. The molecule has 1 fully saturated rings. The molecule has 1 saturated heterocycles. The van der Waals surface area contributed by atoms with Crippen molar-refractivity contribution in [1.29, 1.82) is 0 Å². The second-order valence-corrected chi connectivity index (χ2v) is 7.67. The highest BCUT2D eigenvalue weighted by Gasteiger charge is 2.26. The third-order valence-electron chi connectivity index (χ3n) is 5.60. The minimum Gasteiger partial charge on any atom is -0.490 e. The van der Waals surface area contributed by atoms with Gasteiger partial charge in [0.25, 0.3) is 11.5 Å². The van der Waals surface area contributed by atoms with Crippen molar-refractivity contribution in [2.75, 3.05) is 13.1 Å². The van der Waals surface area contributed by atoms with Crippen LogP contribution in [0.3, 0.4) is 0 Å². The fraction of sp³-hybridized carbons (Fsp3) is 0.348. The third-order valence-corrected chi connectivity index (χ3v) is 5.60. The summed E-state index contributed by atoms with van der Waals surface area (Å²) in [6.45, 7) is 5.06. The summed E-state index contributed by atoms with van der Waals surface area (Å²) in [7, 11) is 1.75. The Labute approximate surface area is 169 Å². The van der Waals surface area contributed by atoms with Gasteiger partial charge in [0, 0.05) is 55.8 Å². The second kappa shape index (κ2) is 7.70. The number of rotatable bonds is 3. The lowest BCUT2D eigenvalue weighted by molar-refractivity contribution is 0.0596. The Morgan fingerprint density at radius 3 is 2.59 bits per heavy atom. The zero-order valence-electron chi connectivity index (χ0n) is 17.0. The number of fused-ring (bicyclic) bond motifs is 1. The van der Waals surface area contributed by atoms with E-state index < -0.39 is 0 Å². The summed E-state index contributed by atoms with van der Waals surface area (Å²) < 4.78 is 7.62. The van der Waals surface area contributed by atoms with Crippen LogP contribution in [0.5, 0.6) is 5.75 Å². The molecule has 0 radical (unpaired) electrons. The van der Waals surface area contributed by atoms with Crippen molar-refractivity contribution in [2.24, 2.45) is 7.05 Å². The van der Waals surface area contributed by atoms with Gasteiger partial charge in [-0.05, 0) is 32.0 Å². The summed E-state index contributed by atoms with van der Waals surface area (Å²) in [5.74, 6) is 0.612. The van der Waals surface area contributed by atoms with Gasteiger partial charge in [0.2, 0.25) is 0 Å². The van der Waals surface area contributed by atoms with E-state index in [0.29, 0.717) is 24.4 Å². The van der Waals surface area contributed by atoms with E-state index in [-0.39, 0.29) is 17.6 Å². The van der Waals surface area contributed by atoms with Gasteiger partial charge < -0.3 is 14.2 Å². The molecule has 0 N–H and O–H groups in total. The molecule has 6 heteroatoms. The molecule has 1 aliphatic heterocycles. The van der Waals surface area contributed by atoms with Crippen molar-refractivity contribution >= 4 is 16.8 Å². The Morgan fingerprint density at radius 2 is 1.86 bits per heavy atom. The van der Waals surface area contributed by atoms with Crippen molar-refractivity contribution < 1.29 is 9.53 Å². The number of carbonyl (C=O) groups is 1. The molecule has 3 heterocycles. The first-order valence-corrected chi connectivity index (χ1v) is 9.92. The van der Waals surface area contributed by atoms with E-state index in [2.05, 4.69) is 4.98 Å². The maximum absolute atomic E-state index is 13.1. The highest BCUT2D eigenvalue weighted by atomic mass is 16.5. The molecule has 0 saturated carbocycles. The predicted molar refractivity (Wildman–Crippen MR) is 112 cm³/mol. The number of piperidine rings is 1. The number of likely N-dealkylation sites (tertiary alicyclic amines) is 1. The van der Waals surface area contributed by atoms with Crippen LogP contribution in [-0.2, 0) is 7.05 Å². The van der Waals surface area contributed by atoms with Crippen LogP contribution in [0, 0.1) is 13.8 Å². The van der Waals surface area contributed by atoms with Crippen LogP contribution in [0.2, 0.25) is 0 Å². The van der Waals surface area contributed by atoms with Crippen LogP contribution < -0.4 is 10.3 Å². The highest BCUT2D eigenvalue weighted by Crippen LogP contribution is 2.23. The molecule has 0 atom stereocenters. The molecule has 0 unspecified atom stereocenters. The fourth-order valence-corrected chi connectivity index (χ4v) is 3.76. The number of ether oxygens (including phenoxy) is 1. The largest absolute Gasteiger partial charge is 0.490 e. The predicted octanol–water partition coefficient (Wildman–Crippen LogP) is 3.23. The summed E-state index contributed by atoms with van der Waals surface area (Å²) in [6, 6.07) is 13.1. The molecule has 0 bridgehead atoms. The number of hydrogen-bond acceptors (Lipinski definition) is 4. The molecule has 150 valence electrons. The third kappa shape index (κ3) is 3.88. The van der Waals surface area contributed by atoms with E-state index in [1.807, 2.05) is 55.1 Å². The van der Waals surface area contributed by atoms with Crippen LogP contribution in [0.25, 0.3) is 10.9 Å². The van der Waals surface area contributed by atoms with E-state index >= 15 is 0 Å². The van der Waals surface area contributed by atoms with Gasteiger partial charge in [-0.2, -0.15) is 0 Å². The van der Waals surface area contributed by atoms with Crippen molar-refractivity contribution in [3.63, 3.8) is 0 Å². The molecule has 3 aromatic rings. The van der Waals surface area contributed by atoms with Crippen molar-refractivity contribution in [3.8, 4) is 5.75 Å². The van der Waals surface area contributed by atoms with E-state index in [4.69, 9.17) is 4.74 Å². The number of carbonyl (C=O) groups excluding carboxylic acids is 1. The van der Waals surface area contributed by atoms with Gasteiger partial charge in [0.05, 0.1) is 11.1 Å². The topological polar surface area (TPSA) is 64.4 Å². The Bertz CT molecular complexity index is 1130. The van der Waals surface area contributed by atoms with E-state index in [1.165, 1.54) is 6.07 Å². The average molecular weight is 391 g/mol. The number of hydrogen-bond donors (Lipinski definition) is 0. The minimum atomic E-state index is -0.0774. The number of amides is 1. The number of benzene rings is 1. The Morgan fingerprint density at radius 1 is 1.10 bits per heavy atom. The first kappa shape index (κ1) is 19.2. The van der Waals surface area contributed by atoms with Crippen molar-refractivity contribution in [1.82, 2.24) is 14.5 Å². The maximum Gasteiger partial charge on any atom is 0.256 e. The minimum absolute atomic E-state index is 0.00144. The first-order valence-electron chi connectivity index (χ1n) is 9.92. The van der Waals surface area contributed by atoms with Gasteiger partial charge in [-0.1, -0.05) is 18.2 Å². The summed E-state index contributed by atoms with van der Waals surface area (Å²) in [4.78, 5) is 31.5. The number of aromatic nitrogens is 2. The van der Waals surface area contributed by atoms with E-state index in [1.54, 1.807) is 11.6 Å². The van der Waals surface area contributed by atoms with Crippen LogP contribution in [0.15, 0.2) is 47.3 Å². The summed E-state index contributed by atoms with van der Waals surface area (Å²) in [5, 5.41) is 0.973. The van der Waals surface area contributed by atoms with Crippen molar-refractivity contribution in [3.05, 3.63) is 69.8 Å². The molecule has 1 aromatic carbocycles. The highest BCUT2D eigenvalue weighted by molar-refractivity contribution is 6.05. The Hall–Kier alpha value is -3.15. The van der Waals surface area contributed by atoms with Crippen LogP contribution >= 0.6 is 0 Å². The normalized spacial score (nSPS) is 14.9. The Balaban J connectivity index is 1.45. The molecule has 2 aromatic heterocycles. The van der Waals surface area contributed by atoms with Gasteiger partial charge >= 0.3 is 0 Å². The van der Waals surface area contributed by atoms with Gasteiger partial charge in [0.1, 0.15) is 11.9 Å². The van der Waals surface area contributed by atoms with Gasteiger partial charge in [-0.3, -0.25) is 14.6 Å². The van der Waals surface area contributed by atoms with Crippen LogP contribution in [-0.4, -0.2) is 39.6 Å². The zero-order chi connectivity index (χ0) is 20.5. The van der Waals surface area contributed by atoms with Crippen molar-refractivity contribution in [2.45, 2.75) is 32.8 Å². The quantitative estimate of drug-likeness (QED) is 0.688. The number of aryl methyl sites for hydroxylation is 2. The van der Waals surface area contributed by atoms with Gasteiger partial charge in [-0.25, -0.2) is 0 Å².